The maximum absolute atomic E-state index is 14.3. The molecule has 0 radical (unpaired) electrons. The van der Waals surface area contributed by atoms with Crippen LogP contribution in [-0.4, -0.2) is 64.8 Å². The fourth-order valence-electron chi connectivity index (χ4n) is 2.58. The number of nitrogens with zero attached hydrogens (tertiary/aromatic N) is 3. The van der Waals surface area contributed by atoms with Crippen LogP contribution in [0.4, 0.5) is 4.39 Å². The van der Waals surface area contributed by atoms with Crippen LogP contribution in [0, 0.1) is 0 Å². The quantitative estimate of drug-likeness (QED) is 0.903. The van der Waals surface area contributed by atoms with E-state index in [4.69, 9.17) is 5.11 Å². The van der Waals surface area contributed by atoms with Crippen LogP contribution >= 0.6 is 11.8 Å². The molecule has 1 aromatic rings. The number of hydrogen-bond acceptors (Lipinski definition) is 5. The van der Waals surface area contributed by atoms with Gasteiger partial charge >= 0.3 is 5.97 Å². The van der Waals surface area contributed by atoms with Gasteiger partial charge in [-0.25, -0.2) is 9.18 Å². The number of aliphatic imine (C=N–C) groups is 1. The number of likely N-dealkylation sites (N-methyl/N-ethyl adjacent to an activating group) is 1. The van der Waals surface area contributed by atoms with Crippen LogP contribution in [-0.2, 0) is 0 Å². The van der Waals surface area contributed by atoms with Crippen LogP contribution in [0.3, 0.4) is 0 Å². The number of hydrogen-bond donors (Lipinski definition) is 1. The summed E-state index contributed by atoms with van der Waals surface area (Å²) in [5.41, 5.74) is -0.201. The van der Waals surface area contributed by atoms with Gasteiger partial charge in [-0.15, -0.1) is 0 Å². The molecule has 0 bridgehead atoms. The van der Waals surface area contributed by atoms with Gasteiger partial charge in [0, 0.05) is 26.2 Å². The number of amidine groups is 1. The average molecular weight is 323 g/mol. The maximum atomic E-state index is 14.3. The summed E-state index contributed by atoms with van der Waals surface area (Å²) in [5.74, 6) is -0.981. The summed E-state index contributed by atoms with van der Waals surface area (Å²) in [6.07, 6.45) is 0. The number of rotatable bonds is 2. The van der Waals surface area contributed by atoms with E-state index in [1.54, 1.807) is 12.1 Å². The fraction of sp³-hybridized carbons (Fsp3) is 0.467. The molecular weight excluding hydrogens is 305 g/mol. The number of aromatic carboxylic acids is 1. The van der Waals surface area contributed by atoms with Gasteiger partial charge in [0.05, 0.1) is 5.56 Å². The predicted molar refractivity (Wildman–Crippen MR) is 85.1 cm³/mol. The second kappa shape index (κ2) is 6.26. The van der Waals surface area contributed by atoms with Gasteiger partial charge in [0.25, 0.3) is 0 Å². The number of thioether (sulfide) groups is 1. The van der Waals surface area contributed by atoms with E-state index in [1.165, 1.54) is 12.1 Å². The molecular formula is C15H18FN3O2S. The minimum Gasteiger partial charge on any atom is -0.478 e. The summed E-state index contributed by atoms with van der Waals surface area (Å²) in [5, 5.41) is 9.67. The Morgan fingerprint density at radius 3 is 2.50 bits per heavy atom. The maximum Gasteiger partial charge on any atom is 0.335 e. The molecule has 0 aliphatic carbocycles. The molecule has 2 atom stereocenters. The Kier molecular flexibility index (Phi) is 4.35. The van der Waals surface area contributed by atoms with Crippen LogP contribution in [0.5, 0.6) is 0 Å². The molecule has 1 N–H and O–H groups in total. The third-order valence-corrected chi connectivity index (χ3v) is 5.05. The van der Waals surface area contributed by atoms with Crippen molar-refractivity contribution in [1.29, 1.82) is 0 Å². The number of benzene rings is 1. The molecule has 0 saturated carbocycles. The van der Waals surface area contributed by atoms with Crippen molar-refractivity contribution in [2.24, 2.45) is 4.99 Å². The molecule has 2 unspecified atom stereocenters. The lowest BCUT2D eigenvalue weighted by molar-refractivity contribution is 0.0697. The molecule has 5 nitrogen and oxygen atoms in total. The van der Waals surface area contributed by atoms with Gasteiger partial charge in [-0.05, 0) is 36.5 Å². The first-order chi connectivity index (χ1) is 10.5. The summed E-state index contributed by atoms with van der Waals surface area (Å²) < 4.78 is 14.3. The number of piperazine rings is 1. The van der Waals surface area contributed by atoms with Crippen molar-refractivity contribution in [2.45, 2.75) is 11.5 Å². The summed E-state index contributed by atoms with van der Waals surface area (Å²) in [4.78, 5) is 19.8. The predicted octanol–water partition coefficient (Wildman–Crippen LogP) is 2.07. The number of alkyl halides is 1. The normalized spacial score (nSPS) is 26.1. The van der Waals surface area contributed by atoms with Gasteiger partial charge in [-0.2, -0.15) is 0 Å². The van der Waals surface area contributed by atoms with Gasteiger partial charge in [-0.3, -0.25) is 4.99 Å². The summed E-state index contributed by atoms with van der Waals surface area (Å²) >= 11 is 1.16. The van der Waals surface area contributed by atoms with Crippen molar-refractivity contribution in [1.82, 2.24) is 9.80 Å². The summed E-state index contributed by atoms with van der Waals surface area (Å²) in [6, 6.07) is 5.74. The molecule has 2 aliphatic rings. The van der Waals surface area contributed by atoms with E-state index >= 15 is 0 Å². The lowest BCUT2D eigenvalue weighted by atomic mass is 10.1. The Hall–Kier alpha value is -1.60. The highest BCUT2D eigenvalue weighted by Gasteiger charge is 2.34. The van der Waals surface area contributed by atoms with E-state index in [0.717, 1.165) is 43.1 Å². The van der Waals surface area contributed by atoms with Crippen molar-refractivity contribution in [2.75, 3.05) is 33.2 Å². The van der Waals surface area contributed by atoms with E-state index in [0.29, 0.717) is 5.56 Å². The number of carboxylic acids is 1. The van der Waals surface area contributed by atoms with Crippen molar-refractivity contribution < 1.29 is 14.3 Å². The lowest BCUT2D eigenvalue weighted by Gasteiger charge is -2.33. The number of halogens is 1. The lowest BCUT2D eigenvalue weighted by Crippen LogP contribution is -2.46. The van der Waals surface area contributed by atoms with E-state index < -0.39 is 17.5 Å². The minimum absolute atomic E-state index is 0.202. The topological polar surface area (TPSA) is 56.1 Å². The van der Waals surface area contributed by atoms with Crippen LogP contribution in [0.15, 0.2) is 29.3 Å². The van der Waals surface area contributed by atoms with Gasteiger partial charge in [0.1, 0.15) is 6.04 Å². The Bertz CT molecular complexity index is 585. The Balaban J connectivity index is 1.75. The van der Waals surface area contributed by atoms with Gasteiger partial charge in [0.15, 0.2) is 10.7 Å². The van der Waals surface area contributed by atoms with Crippen LogP contribution < -0.4 is 0 Å². The van der Waals surface area contributed by atoms with Gasteiger partial charge in [-0.1, -0.05) is 12.1 Å². The monoisotopic (exact) mass is 323 g/mol. The highest BCUT2D eigenvalue weighted by Crippen LogP contribution is 2.39. The average Bonchev–Trinajstić information content (AvgIpc) is 2.90. The van der Waals surface area contributed by atoms with Crippen LogP contribution in [0.1, 0.15) is 22.0 Å². The van der Waals surface area contributed by atoms with Crippen molar-refractivity contribution >= 4 is 22.9 Å². The van der Waals surface area contributed by atoms with Crippen LogP contribution in [0.25, 0.3) is 0 Å². The summed E-state index contributed by atoms with van der Waals surface area (Å²) in [7, 11) is 2.08. The standard InChI is InChI=1S/C15H18FN3O2S/c1-18-6-8-19(9-7-18)15-17-12(13(16)22-15)10-2-4-11(5-3-10)14(20)21/h2-5,12-13H,6-9H2,1H3,(H,20,21). The Morgan fingerprint density at radius 1 is 1.27 bits per heavy atom. The van der Waals surface area contributed by atoms with Gasteiger partial charge in [0.2, 0.25) is 0 Å². The third-order valence-electron chi connectivity index (χ3n) is 3.99. The third kappa shape index (κ3) is 3.10. The zero-order chi connectivity index (χ0) is 15.7. The molecule has 1 saturated heterocycles. The number of carboxylic acid groups (broad SMARTS) is 1. The first-order valence-electron chi connectivity index (χ1n) is 7.20. The highest BCUT2D eigenvalue weighted by molar-refractivity contribution is 8.14. The van der Waals surface area contributed by atoms with Crippen molar-refractivity contribution in [3.63, 3.8) is 0 Å². The minimum atomic E-state index is -1.12. The van der Waals surface area contributed by atoms with E-state index in [-0.39, 0.29) is 5.56 Å². The Labute approximate surface area is 132 Å². The molecule has 1 fully saturated rings. The first-order valence-corrected chi connectivity index (χ1v) is 8.08. The van der Waals surface area contributed by atoms with Crippen molar-refractivity contribution in [3.05, 3.63) is 35.4 Å². The molecule has 3 rings (SSSR count). The summed E-state index contributed by atoms with van der Waals surface area (Å²) in [6.45, 7) is 3.63. The smallest absolute Gasteiger partial charge is 0.335 e. The van der Waals surface area contributed by atoms with Gasteiger partial charge < -0.3 is 14.9 Å². The second-order valence-electron chi connectivity index (χ2n) is 5.54. The van der Waals surface area contributed by atoms with Crippen LogP contribution in [0.2, 0.25) is 0 Å². The van der Waals surface area contributed by atoms with E-state index in [9.17, 15) is 9.18 Å². The molecule has 0 aromatic heterocycles. The molecule has 7 heteroatoms. The Morgan fingerprint density at radius 2 is 1.91 bits per heavy atom. The zero-order valence-corrected chi connectivity index (χ0v) is 13.1. The van der Waals surface area contributed by atoms with Crippen molar-refractivity contribution in [3.8, 4) is 0 Å². The highest BCUT2D eigenvalue weighted by atomic mass is 32.2. The molecule has 2 aliphatic heterocycles. The molecule has 2 heterocycles. The SMILES string of the molecule is CN1CCN(C2=NC(c3ccc(C(=O)O)cc3)C(F)S2)CC1. The fourth-order valence-corrected chi connectivity index (χ4v) is 3.63. The largest absolute Gasteiger partial charge is 0.478 e. The van der Waals surface area contributed by atoms with E-state index in [1.807, 2.05) is 0 Å². The second-order valence-corrected chi connectivity index (χ2v) is 6.59. The zero-order valence-electron chi connectivity index (χ0n) is 12.3. The molecule has 0 spiro atoms. The van der Waals surface area contributed by atoms with E-state index in [2.05, 4.69) is 21.8 Å². The molecule has 118 valence electrons. The molecule has 1 aromatic carbocycles. The molecule has 0 amide bonds. The molecule has 22 heavy (non-hydrogen) atoms. The first kappa shape index (κ1) is 15.3. The number of carbonyl (C=O) groups is 1.